The lowest BCUT2D eigenvalue weighted by molar-refractivity contribution is -0.182. The van der Waals surface area contributed by atoms with Crippen LogP contribution in [0.15, 0.2) is 24.5 Å². The molecule has 3 N–H and O–H groups in total. The highest BCUT2D eigenvalue weighted by atomic mass is 35.5. The van der Waals surface area contributed by atoms with Gasteiger partial charge in [-0.05, 0) is 31.7 Å². The van der Waals surface area contributed by atoms with E-state index in [9.17, 15) is 31.1 Å². The summed E-state index contributed by atoms with van der Waals surface area (Å²) in [4.78, 5) is 23.9. The number of hydrogen-bond acceptors (Lipinski definition) is 5. The van der Waals surface area contributed by atoms with Crippen molar-refractivity contribution in [2.75, 3.05) is 11.9 Å². The number of amides is 1. The Labute approximate surface area is 215 Å². The number of H-pyrrole nitrogens is 1. The van der Waals surface area contributed by atoms with E-state index in [2.05, 4.69) is 25.6 Å². The number of fused-ring (bicyclic) bond motifs is 1. The van der Waals surface area contributed by atoms with Gasteiger partial charge in [0.1, 0.15) is 5.75 Å². The third-order valence-corrected chi connectivity index (χ3v) is 6.41. The van der Waals surface area contributed by atoms with Crippen LogP contribution in [0.5, 0.6) is 5.75 Å². The molecule has 200 valence electrons. The number of aromatic nitrogens is 3. The van der Waals surface area contributed by atoms with Crippen molar-refractivity contribution < 1.29 is 35.9 Å². The summed E-state index contributed by atoms with van der Waals surface area (Å²) in [5, 5.41) is 5.83. The molecule has 0 atom stereocenters. The van der Waals surface area contributed by atoms with E-state index in [1.807, 2.05) is 0 Å². The van der Waals surface area contributed by atoms with Gasteiger partial charge in [0, 0.05) is 24.5 Å². The van der Waals surface area contributed by atoms with Crippen LogP contribution in [0.3, 0.4) is 0 Å². The van der Waals surface area contributed by atoms with Crippen LogP contribution in [-0.2, 0) is 0 Å². The van der Waals surface area contributed by atoms with E-state index in [4.69, 9.17) is 27.9 Å². The fourth-order valence-electron chi connectivity index (χ4n) is 4.03. The highest BCUT2D eigenvalue weighted by Gasteiger charge is 2.41. The number of anilines is 2. The molecule has 1 aromatic carbocycles. The van der Waals surface area contributed by atoms with Gasteiger partial charge >= 0.3 is 12.4 Å². The number of pyridine rings is 1. The number of rotatable bonds is 6. The number of imidazole rings is 1. The van der Waals surface area contributed by atoms with Crippen LogP contribution in [0.1, 0.15) is 36.0 Å². The van der Waals surface area contributed by atoms with Crippen LogP contribution < -0.4 is 15.4 Å². The number of aromatic amines is 1. The average Bonchev–Trinajstić information content (AvgIpc) is 3.20. The third kappa shape index (κ3) is 6.69. The summed E-state index contributed by atoms with van der Waals surface area (Å²) in [7, 11) is 0. The van der Waals surface area contributed by atoms with Crippen LogP contribution in [0.25, 0.3) is 11.0 Å². The highest BCUT2D eigenvalue weighted by Crippen LogP contribution is 2.38. The minimum Gasteiger partial charge on any atom is -0.483 e. The number of carbonyl (C=O) groups is 1. The second kappa shape index (κ2) is 10.4. The summed E-state index contributed by atoms with van der Waals surface area (Å²) in [5.74, 6) is -2.49. The Morgan fingerprint density at radius 1 is 1.05 bits per heavy atom. The Bertz CT molecular complexity index is 1270. The molecule has 15 heteroatoms. The summed E-state index contributed by atoms with van der Waals surface area (Å²) >= 11 is 12.2. The summed E-state index contributed by atoms with van der Waals surface area (Å²) in [6.45, 7) is -1.66. The minimum atomic E-state index is -4.67. The summed E-state index contributed by atoms with van der Waals surface area (Å²) < 4.78 is 82.2. The molecule has 1 amide bonds. The SMILES string of the molecule is O=C(NC1CCC(C(F)(F)F)CC1)c1cc2[nH]c(Nc3c(Cl)cncc3Cl)nc2cc1OCC(F)(F)F. The van der Waals surface area contributed by atoms with Gasteiger partial charge in [-0.15, -0.1) is 0 Å². The van der Waals surface area contributed by atoms with E-state index in [1.54, 1.807) is 0 Å². The van der Waals surface area contributed by atoms with Gasteiger partial charge in [0.2, 0.25) is 5.95 Å². The number of ether oxygens (including phenoxy) is 1. The monoisotopic (exact) mass is 569 g/mol. The molecule has 1 fully saturated rings. The molecule has 0 spiro atoms. The Hall–Kier alpha value is -2.93. The number of nitrogens with zero attached hydrogens (tertiary/aromatic N) is 2. The second-order valence-corrected chi connectivity index (χ2v) is 9.34. The smallest absolute Gasteiger partial charge is 0.422 e. The van der Waals surface area contributed by atoms with E-state index in [0.717, 1.165) is 6.07 Å². The van der Waals surface area contributed by atoms with Gasteiger partial charge in [-0.3, -0.25) is 9.78 Å². The molecule has 1 saturated carbocycles. The first-order valence-electron chi connectivity index (χ1n) is 11.0. The maximum absolute atomic E-state index is 13.0. The molecule has 0 radical (unpaired) electrons. The van der Waals surface area contributed by atoms with E-state index in [-0.39, 0.29) is 69.7 Å². The largest absolute Gasteiger partial charge is 0.483 e. The van der Waals surface area contributed by atoms with Crippen molar-refractivity contribution in [1.29, 1.82) is 0 Å². The third-order valence-electron chi connectivity index (χ3n) is 5.84. The molecule has 2 aromatic heterocycles. The summed E-state index contributed by atoms with van der Waals surface area (Å²) in [6, 6.07) is 1.85. The van der Waals surface area contributed by atoms with Crippen molar-refractivity contribution in [2.45, 2.75) is 44.1 Å². The van der Waals surface area contributed by atoms with Crippen molar-refractivity contribution in [3.63, 3.8) is 0 Å². The van der Waals surface area contributed by atoms with Gasteiger partial charge in [-0.25, -0.2) is 4.98 Å². The maximum Gasteiger partial charge on any atom is 0.422 e. The van der Waals surface area contributed by atoms with Crippen LogP contribution in [0.2, 0.25) is 10.0 Å². The van der Waals surface area contributed by atoms with Crippen molar-refractivity contribution >= 4 is 51.8 Å². The molecule has 1 aliphatic carbocycles. The predicted octanol–water partition coefficient (Wildman–Crippen LogP) is 6.80. The Morgan fingerprint density at radius 2 is 1.70 bits per heavy atom. The van der Waals surface area contributed by atoms with Crippen LogP contribution >= 0.6 is 23.2 Å². The fourth-order valence-corrected chi connectivity index (χ4v) is 4.49. The molecule has 0 unspecified atom stereocenters. The van der Waals surface area contributed by atoms with E-state index >= 15 is 0 Å². The first kappa shape index (κ1) is 27.1. The molecule has 0 saturated heterocycles. The van der Waals surface area contributed by atoms with Gasteiger partial charge in [0.05, 0.1) is 38.2 Å². The molecule has 0 aliphatic heterocycles. The standard InChI is InChI=1S/C22H19Cl2F6N5O2/c23-13-7-31-8-14(24)18(13)35-20-33-15-5-12(17(6-16(15)34-20)37-9-21(25,26)27)19(36)32-11-3-1-10(2-4-11)22(28,29)30/h5-8,10-11H,1-4,9H2,(H,32,36)(H2,31,33,34,35). The first-order chi connectivity index (χ1) is 17.3. The lowest BCUT2D eigenvalue weighted by Crippen LogP contribution is -2.40. The van der Waals surface area contributed by atoms with Crippen molar-refractivity contribution in [1.82, 2.24) is 20.3 Å². The molecule has 1 aliphatic rings. The van der Waals surface area contributed by atoms with Gasteiger partial charge in [-0.1, -0.05) is 23.2 Å². The Balaban J connectivity index is 1.59. The maximum atomic E-state index is 13.0. The van der Waals surface area contributed by atoms with Gasteiger partial charge in [0.15, 0.2) is 6.61 Å². The zero-order valence-corrected chi connectivity index (χ0v) is 20.2. The minimum absolute atomic E-state index is 0.0858. The number of carbonyl (C=O) groups excluding carboxylic acids is 1. The van der Waals surface area contributed by atoms with Gasteiger partial charge in [-0.2, -0.15) is 26.3 Å². The predicted molar refractivity (Wildman–Crippen MR) is 124 cm³/mol. The lowest BCUT2D eigenvalue weighted by Gasteiger charge is -2.30. The topological polar surface area (TPSA) is 91.9 Å². The van der Waals surface area contributed by atoms with Gasteiger partial charge < -0.3 is 20.4 Å². The normalized spacial score (nSPS) is 18.6. The highest BCUT2D eigenvalue weighted by molar-refractivity contribution is 6.39. The Morgan fingerprint density at radius 3 is 2.30 bits per heavy atom. The molecule has 4 rings (SSSR count). The van der Waals surface area contributed by atoms with E-state index in [1.165, 1.54) is 18.5 Å². The Kier molecular flexibility index (Phi) is 7.65. The molecule has 3 aromatic rings. The van der Waals surface area contributed by atoms with Crippen LogP contribution in [0.4, 0.5) is 38.0 Å². The first-order valence-corrected chi connectivity index (χ1v) is 11.7. The fraction of sp³-hybridized carbons (Fsp3) is 0.409. The number of nitrogens with one attached hydrogen (secondary N) is 3. The second-order valence-electron chi connectivity index (χ2n) is 8.52. The van der Waals surface area contributed by atoms with Crippen molar-refractivity contribution in [2.24, 2.45) is 5.92 Å². The van der Waals surface area contributed by atoms with Crippen molar-refractivity contribution in [3.8, 4) is 5.75 Å². The average molecular weight is 570 g/mol. The number of halogens is 8. The van der Waals surface area contributed by atoms with Gasteiger partial charge in [0.25, 0.3) is 5.91 Å². The van der Waals surface area contributed by atoms with Crippen LogP contribution in [0, 0.1) is 5.92 Å². The molecular weight excluding hydrogens is 551 g/mol. The van der Waals surface area contributed by atoms with Crippen molar-refractivity contribution in [3.05, 3.63) is 40.1 Å². The number of benzene rings is 1. The molecule has 0 bridgehead atoms. The zero-order valence-electron chi connectivity index (χ0n) is 18.7. The molecule has 7 nitrogen and oxygen atoms in total. The molecule has 2 heterocycles. The zero-order chi connectivity index (χ0) is 27.0. The molecular formula is C22H19Cl2F6N5O2. The number of hydrogen-bond donors (Lipinski definition) is 3. The van der Waals surface area contributed by atoms with Crippen LogP contribution in [-0.4, -0.2) is 45.9 Å². The number of alkyl halides is 6. The summed E-state index contributed by atoms with van der Waals surface area (Å²) in [6.07, 6.45) is -6.44. The van der Waals surface area contributed by atoms with E-state index < -0.39 is 36.8 Å². The van der Waals surface area contributed by atoms with E-state index in [0.29, 0.717) is 0 Å². The quantitative estimate of drug-likeness (QED) is 0.284. The molecule has 37 heavy (non-hydrogen) atoms. The summed E-state index contributed by atoms with van der Waals surface area (Å²) in [5.41, 5.74) is 0.487. The lowest BCUT2D eigenvalue weighted by atomic mass is 9.85.